The molecule has 0 aliphatic carbocycles. The summed E-state index contributed by atoms with van der Waals surface area (Å²) in [7, 11) is 0. The molecule has 61 heavy (non-hydrogen) atoms. The average molecular weight is 941 g/mol. The van der Waals surface area contributed by atoms with Crippen molar-refractivity contribution in [3.05, 3.63) is 29.3 Å². The number of nitrogen functional groups attached to an aromatic ring is 2. The highest BCUT2D eigenvalue weighted by Crippen LogP contribution is 2.66. The molecule has 26 nitrogen and oxygen atoms in total. The number of ether oxygens (including phenoxy) is 6. The minimum absolute atomic E-state index is 0.0220. The van der Waals surface area contributed by atoms with Gasteiger partial charge in [-0.05, 0) is 27.7 Å². The molecular formula is C30H39FN10O16P2S2. The smallest absolute Gasteiger partial charge is 0.432 e. The lowest BCUT2D eigenvalue weighted by atomic mass is 10.1. The molecule has 0 spiro atoms. The summed E-state index contributed by atoms with van der Waals surface area (Å²) in [5, 5.41) is 11.7. The number of alkyl halides is 1. The summed E-state index contributed by atoms with van der Waals surface area (Å²) >= 11 is 0.650. The first-order chi connectivity index (χ1) is 28.9. The van der Waals surface area contributed by atoms with Crippen LogP contribution in [0.3, 0.4) is 0 Å². The van der Waals surface area contributed by atoms with Gasteiger partial charge in [-0.25, -0.2) is 43.0 Å². The monoisotopic (exact) mass is 940 g/mol. The van der Waals surface area contributed by atoms with E-state index in [1.54, 1.807) is 27.7 Å². The number of rotatable bonds is 10. The highest BCUT2D eigenvalue weighted by Gasteiger charge is 2.55. The van der Waals surface area contributed by atoms with E-state index in [0.717, 1.165) is 17.2 Å². The predicted octanol–water partition coefficient (Wildman–Crippen LogP) is 3.16. The molecule has 0 aromatic carbocycles. The van der Waals surface area contributed by atoms with Crippen LogP contribution in [0, 0.1) is 0 Å². The second kappa shape index (κ2) is 18.3. The fourth-order valence-electron chi connectivity index (χ4n) is 6.11. The fraction of sp³-hybridized carbons (Fsp3) is 0.600. The minimum atomic E-state index is -4.74. The Kier molecular flexibility index (Phi) is 13.5. The van der Waals surface area contributed by atoms with Crippen LogP contribution < -0.4 is 17.0 Å². The number of hydrogen-bond acceptors (Lipinski definition) is 25. The molecule has 4 unspecified atom stereocenters. The maximum absolute atomic E-state index is 16.8. The highest BCUT2D eigenvalue weighted by molar-refractivity contribution is 8.55. The maximum Gasteiger partial charge on any atom is 0.509 e. The van der Waals surface area contributed by atoms with E-state index in [-0.39, 0.29) is 34.1 Å². The zero-order chi connectivity index (χ0) is 43.8. The van der Waals surface area contributed by atoms with Crippen molar-refractivity contribution < 1.29 is 74.7 Å². The molecule has 7 heterocycles. The zero-order valence-corrected chi connectivity index (χ0v) is 35.7. The number of hydrogen-bond donors (Lipinski definition) is 4. The lowest BCUT2D eigenvalue weighted by Crippen LogP contribution is -2.35. The summed E-state index contributed by atoms with van der Waals surface area (Å²) in [6.45, 7) is -4.82. The van der Waals surface area contributed by atoms with Gasteiger partial charge in [-0.1, -0.05) is 0 Å². The van der Waals surface area contributed by atoms with Crippen molar-refractivity contribution in [2.24, 2.45) is 0 Å². The van der Waals surface area contributed by atoms with Gasteiger partial charge in [0.1, 0.15) is 42.4 Å². The number of carbonyl (C=O) groups excluding carboxylic acids is 2. The number of H-pyrrole nitrogens is 1. The number of fused-ring (bicyclic) bond motifs is 5. The van der Waals surface area contributed by atoms with E-state index in [1.165, 1.54) is 10.9 Å². The van der Waals surface area contributed by atoms with E-state index in [4.69, 9.17) is 58.0 Å². The van der Waals surface area contributed by atoms with Crippen molar-refractivity contribution in [3.8, 4) is 0 Å². The van der Waals surface area contributed by atoms with E-state index < -0.39 is 118 Å². The van der Waals surface area contributed by atoms with E-state index in [0.29, 0.717) is 22.8 Å². The third-order valence-corrected chi connectivity index (χ3v) is 15.4. The molecule has 6 N–H and O–H groups in total. The molecule has 10 atom stereocenters. The van der Waals surface area contributed by atoms with Crippen molar-refractivity contribution in [3.63, 3.8) is 0 Å². The van der Waals surface area contributed by atoms with E-state index in [2.05, 4.69) is 29.9 Å². The highest BCUT2D eigenvalue weighted by atomic mass is 32.7. The third kappa shape index (κ3) is 9.91. The lowest BCUT2D eigenvalue weighted by Gasteiger charge is -2.28. The van der Waals surface area contributed by atoms with Crippen LogP contribution in [0.15, 0.2) is 23.8 Å². The molecule has 7 rings (SSSR count). The van der Waals surface area contributed by atoms with Crippen LogP contribution in [-0.2, 0) is 55.6 Å². The molecule has 2 bridgehead atoms. The first kappa shape index (κ1) is 44.9. The number of aromatic nitrogens is 8. The van der Waals surface area contributed by atoms with Gasteiger partial charge < -0.3 is 45.0 Å². The Morgan fingerprint density at radius 2 is 1.43 bits per heavy atom. The van der Waals surface area contributed by atoms with Crippen LogP contribution in [0.5, 0.6) is 0 Å². The summed E-state index contributed by atoms with van der Waals surface area (Å²) in [6, 6.07) is 0. The number of carbonyl (C=O) groups is 2. The predicted molar refractivity (Wildman–Crippen MR) is 208 cm³/mol. The Bertz CT molecular complexity index is 2410. The van der Waals surface area contributed by atoms with Crippen LogP contribution in [-0.4, -0.2) is 130 Å². The molecule has 3 fully saturated rings. The summed E-state index contributed by atoms with van der Waals surface area (Å²) in [5.41, 5.74) is 10.8. The number of halogens is 1. The maximum atomic E-state index is 16.8. The first-order valence-corrected chi connectivity index (χ1v) is 24.3. The molecule has 31 heteroatoms. The summed E-state index contributed by atoms with van der Waals surface area (Å²) in [4.78, 5) is 59.8. The molecule has 4 aromatic heterocycles. The number of nitrogens with two attached hydrogens (primary N) is 2. The lowest BCUT2D eigenvalue weighted by molar-refractivity contribution is -0.0569. The molecule has 3 saturated heterocycles. The largest absolute Gasteiger partial charge is 0.509 e. The van der Waals surface area contributed by atoms with Gasteiger partial charge in [-0.3, -0.25) is 37.0 Å². The second-order valence-electron chi connectivity index (χ2n) is 13.7. The van der Waals surface area contributed by atoms with Gasteiger partial charge in [0.25, 0.3) is 5.56 Å². The minimum Gasteiger partial charge on any atom is -0.432 e. The van der Waals surface area contributed by atoms with Crippen LogP contribution in [0.2, 0.25) is 0 Å². The molecule has 0 amide bonds. The van der Waals surface area contributed by atoms with Crippen LogP contribution in [0.4, 0.5) is 25.7 Å². The first-order valence-electron chi connectivity index (χ1n) is 18.0. The van der Waals surface area contributed by atoms with Crippen molar-refractivity contribution >= 4 is 82.8 Å². The van der Waals surface area contributed by atoms with Crippen LogP contribution in [0.1, 0.15) is 40.2 Å². The Morgan fingerprint density at radius 1 is 0.869 bits per heavy atom. The number of nitrogens with zero attached hydrogens (tertiary/aromatic N) is 7. The summed E-state index contributed by atoms with van der Waals surface area (Å²) in [5.74, 6) is -1.72. The van der Waals surface area contributed by atoms with Crippen molar-refractivity contribution in [2.45, 2.75) is 89.1 Å². The fourth-order valence-corrected chi connectivity index (χ4v) is 11.7. The molecule has 0 saturated carbocycles. The third-order valence-electron chi connectivity index (χ3n) is 8.70. The molecule has 3 aliphatic heterocycles. The molecule has 4 aromatic rings. The number of imidazole rings is 2. The Hall–Kier alpha value is -4.15. The number of aromatic amines is 1. The quantitative estimate of drug-likeness (QED) is 0.101. The van der Waals surface area contributed by atoms with Gasteiger partial charge >= 0.3 is 25.9 Å². The van der Waals surface area contributed by atoms with Gasteiger partial charge in [0, 0.05) is 22.8 Å². The van der Waals surface area contributed by atoms with Gasteiger partial charge in [-0.2, -0.15) is 4.98 Å². The van der Waals surface area contributed by atoms with Crippen molar-refractivity contribution in [1.82, 2.24) is 39.0 Å². The van der Waals surface area contributed by atoms with Crippen molar-refractivity contribution in [2.75, 3.05) is 36.6 Å². The second-order valence-corrected chi connectivity index (χ2v) is 21.6. The standard InChI is InChI=1S/C30H39FN10O16P2S2/c1-12(2)52-29(44)48-10-60-58(46)50-5-14-19(42)21(27(54-14)41-9-37-18-24(41)38-28(33)39-25(18)43)57-59(47,61-11-49-30(45)53-13(3)4)51-6-15-20(56-58)16(31)26(55-15)40-8-36-17-22(32)34-7-35-23(17)40/h7-9,12-16,19-21,26-27,42H,5-6,10-11H2,1-4H3,(H2,32,34,35)(H3,33,38,39,43)/t14-,15-,16+,19?,20?,21+,26-,27-,58?,59?/m1/s1. The van der Waals surface area contributed by atoms with Gasteiger partial charge in [0.15, 0.2) is 53.1 Å². The van der Waals surface area contributed by atoms with Crippen LogP contribution >= 0.6 is 36.4 Å². The molecule has 3 aliphatic rings. The Morgan fingerprint density at radius 3 is 2.05 bits per heavy atom. The summed E-state index contributed by atoms with van der Waals surface area (Å²) < 4.78 is 104. The SMILES string of the molecule is CC(C)OC(=O)OCSP1(=O)OC[C@H]2O[C@@H](n3cnc4c(=O)[nH]c(N)nc43)[C@@H](OP(=O)(SCOC(=O)OC(C)C)OC[C@H]3O[C@@H](n4cnc5c(N)ncnc54)[C@@H](F)C3O1)C2O. The molecule has 0 radical (unpaired) electrons. The number of nitrogens with one attached hydrogen (secondary N) is 1. The molecule has 334 valence electrons. The zero-order valence-electron chi connectivity index (χ0n) is 32.3. The van der Waals surface area contributed by atoms with E-state index in [1.807, 2.05) is 0 Å². The van der Waals surface area contributed by atoms with E-state index in [9.17, 15) is 28.6 Å². The van der Waals surface area contributed by atoms with Gasteiger partial charge in [0.2, 0.25) is 5.95 Å². The van der Waals surface area contributed by atoms with Gasteiger partial charge in [-0.15, -0.1) is 0 Å². The Balaban J connectivity index is 1.26. The number of aliphatic hydroxyl groups excluding tert-OH is 1. The number of aliphatic hydroxyl groups is 1. The van der Waals surface area contributed by atoms with Crippen molar-refractivity contribution in [1.29, 1.82) is 0 Å². The number of anilines is 2. The van der Waals surface area contributed by atoms with Gasteiger partial charge in [0.05, 0.1) is 38.1 Å². The Labute approximate surface area is 350 Å². The van der Waals surface area contributed by atoms with Crippen LogP contribution in [0.25, 0.3) is 22.3 Å². The van der Waals surface area contributed by atoms with E-state index >= 15 is 4.39 Å². The molecular weight excluding hydrogens is 901 g/mol. The summed E-state index contributed by atoms with van der Waals surface area (Å²) in [6.07, 6.45) is -13.8. The average Bonchev–Trinajstić information content (AvgIpc) is 3.94. The topological polar surface area (TPSA) is 340 Å². The normalized spacial score (nSPS) is 30.8.